The molecule has 2 atom stereocenters. The number of nitrogens with zero attached hydrogens (tertiary/aromatic N) is 8. The van der Waals surface area contributed by atoms with Gasteiger partial charge in [0.25, 0.3) is 0 Å². The van der Waals surface area contributed by atoms with Crippen LogP contribution in [-0.2, 0) is 11.3 Å². The van der Waals surface area contributed by atoms with Gasteiger partial charge in [0.2, 0.25) is 11.8 Å². The molecule has 32 heavy (non-hydrogen) atoms. The third kappa shape index (κ3) is 3.97. The van der Waals surface area contributed by atoms with Crippen molar-refractivity contribution in [3.05, 3.63) is 30.2 Å². The second-order valence-electron chi connectivity index (χ2n) is 7.87. The van der Waals surface area contributed by atoms with E-state index >= 15 is 0 Å². The molecule has 0 saturated carbocycles. The van der Waals surface area contributed by atoms with Crippen molar-refractivity contribution in [1.29, 1.82) is 0 Å². The highest BCUT2D eigenvalue weighted by Crippen LogP contribution is 2.25. The van der Waals surface area contributed by atoms with E-state index in [-0.39, 0.29) is 12.2 Å². The first kappa shape index (κ1) is 20.6. The molecule has 168 valence electrons. The average molecular weight is 437 g/mol. The van der Waals surface area contributed by atoms with Crippen LogP contribution in [0.3, 0.4) is 0 Å². The fourth-order valence-corrected chi connectivity index (χ4v) is 4.28. The summed E-state index contributed by atoms with van der Waals surface area (Å²) in [5, 5.41) is 8.50. The largest absolute Gasteiger partial charge is 0.419 e. The molecule has 0 bridgehead atoms. The third-order valence-corrected chi connectivity index (χ3v) is 6.03. The molecule has 0 amide bonds. The minimum Gasteiger partial charge on any atom is -0.419 e. The summed E-state index contributed by atoms with van der Waals surface area (Å²) in [6.45, 7) is 9.77. The predicted molar refractivity (Wildman–Crippen MR) is 123 cm³/mol. The lowest BCUT2D eigenvalue weighted by molar-refractivity contribution is 0.0662. The molecular formula is C22H28N8O2. The Bertz CT molecular complexity index is 1010. The molecule has 1 aromatic heterocycles. The van der Waals surface area contributed by atoms with Crippen molar-refractivity contribution >= 4 is 24.2 Å². The molecule has 1 aromatic carbocycles. The van der Waals surface area contributed by atoms with Gasteiger partial charge in [-0.25, -0.2) is 9.98 Å². The molecule has 2 unspecified atom stereocenters. The molecule has 4 heterocycles. The van der Waals surface area contributed by atoms with E-state index in [1.807, 2.05) is 23.4 Å². The maximum Gasteiger partial charge on any atom is 0.247 e. The Morgan fingerprint density at radius 1 is 1.03 bits per heavy atom. The van der Waals surface area contributed by atoms with E-state index in [0.717, 1.165) is 37.6 Å². The zero-order chi connectivity index (χ0) is 21.9. The normalized spacial score (nSPS) is 22.2. The van der Waals surface area contributed by atoms with E-state index in [1.165, 1.54) is 5.69 Å². The van der Waals surface area contributed by atoms with Gasteiger partial charge >= 0.3 is 0 Å². The second-order valence-corrected chi connectivity index (χ2v) is 7.87. The molecule has 0 spiro atoms. The van der Waals surface area contributed by atoms with Crippen LogP contribution in [0.5, 0.6) is 0 Å². The van der Waals surface area contributed by atoms with Crippen molar-refractivity contribution in [3.8, 4) is 11.5 Å². The van der Waals surface area contributed by atoms with Gasteiger partial charge in [-0.05, 0) is 38.1 Å². The van der Waals surface area contributed by atoms with E-state index in [4.69, 9.17) is 9.15 Å². The van der Waals surface area contributed by atoms with Gasteiger partial charge < -0.3 is 23.9 Å². The molecule has 1 saturated heterocycles. The lowest BCUT2D eigenvalue weighted by Gasteiger charge is -2.34. The monoisotopic (exact) mass is 436 g/mol. The zero-order valence-corrected chi connectivity index (χ0v) is 18.5. The summed E-state index contributed by atoms with van der Waals surface area (Å²) in [6, 6.07) is 8.11. The smallest absolute Gasteiger partial charge is 0.247 e. The van der Waals surface area contributed by atoms with Crippen molar-refractivity contribution in [3.63, 3.8) is 0 Å². The minimum atomic E-state index is -0.144. The summed E-state index contributed by atoms with van der Waals surface area (Å²) >= 11 is 0. The molecule has 10 heteroatoms. The van der Waals surface area contributed by atoms with E-state index in [9.17, 15) is 0 Å². The SMILES string of the molecule is CCN(CC)c1ccc(-c2nnc(CN3C=NC4C(N5CCOCC5)=NC=NC43)o2)cc1. The topological polar surface area (TPSA) is 95.0 Å². The summed E-state index contributed by atoms with van der Waals surface area (Å²) in [5.41, 5.74) is 2.09. The molecule has 0 radical (unpaired) electrons. The van der Waals surface area contributed by atoms with Gasteiger partial charge in [0, 0.05) is 37.4 Å². The van der Waals surface area contributed by atoms with Gasteiger partial charge in [-0.3, -0.25) is 4.99 Å². The van der Waals surface area contributed by atoms with Gasteiger partial charge in [-0.1, -0.05) is 0 Å². The highest BCUT2D eigenvalue weighted by Gasteiger charge is 2.38. The maximum absolute atomic E-state index is 5.96. The van der Waals surface area contributed by atoms with E-state index in [2.05, 4.69) is 61.0 Å². The number of aromatic nitrogens is 2. The number of hydrogen-bond acceptors (Lipinski definition) is 10. The molecule has 0 N–H and O–H groups in total. The highest BCUT2D eigenvalue weighted by atomic mass is 16.5. The molecule has 0 aliphatic carbocycles. The molecule has 3 aliphatic heterocycles. The maximum atomic E-state index is 5.96. The quantitative estimate of drug-likeness (QED) is 0.682. The van der Waals surface area contributed by atoms with Gasteiger partial charge in [0.05, 0.1) is 26.1 Å². The van der Waals surface area contributed by atoms with Gasteiger partial charge in [-0.2, -0.15) is 0 Å². The number of hydrogen-bond donors (Lipinski definition) is 0. The molecule has 3 aliphatic rings. The molecule has 5 rings (SSSR count). The van der Waals surface area contributed by atoms with E-state index in [0.29, 0.717) is 31.5 Å². The third-order valence-electron chi connectivity index (χ3n) is 6.03. The molecule has 1 fully saturated rings. The zero-order valence-electron chi connectivity index (χ0n) is 18.5. The van der Waals surface area contributed by atoms with Crippen LogP contribution in [0.15, 0.2) is 43.7 Å². The van der Waals surface area contributed by atoms with Gasteiger partial charge in [0.15, 0.2) is 6.17 Å². The summed E-state index contributed by atoms with van der Waals surface area (Å²) in [7, 11) is 0. The van der Waals surface area contributed by atoms with Crippen LogP contribution < -0.4 is 4.90 Å². The van der Waals surface area contributed by atoms with Crippen LogP contribution in [-0.4, -0.2) is 90.1 Å². The first-order valence-corrected chi connectivity index (χ1v) is 11.2. The van der Waals surface area contributed by atoms with Gasteiger partial charge in [0.1, 0.15) is 18.2 Å². The summed E-state index contributed by atoms with van der Waals surface area (Å²) in [5.74, 6) is 2.00. The number of anilines is 1. The number of ether oxygens (including phenoxy) is 1. The van der Waals surface area contributed by atoms with Crippen LogP contribution in [0, 0.1) is 0 Å². The van der Waals surface area contributed by atoms with E-state index < -0.39 is 0 Å². The summed E-state index contributed by atoms with van der Waals surface area (Å²) < 4.78 is 11.4. The van der Waals surface area contributed by atoms with Crippen LogP contribution in [0.2, 0.25) is 0 Å². The van der Waals surface area contributed by atoms with E-state index in [1.54, 1.807) is 6.34 Å². The highest BCUT2D eigenvalue weighted by molar-refractivity contribution is 5.97. The molecule has 2 aromatic rings. The van der Waals surface area contributed by atoms with Crippen molar-refractivity contribution < 1.29 is 9.15 Å². The van der Waals surface area contributed by atoms with Crippen LogP contribution in [0.25, 0.3) is 11.5 Å². The van der Waals surface area contributed by atoms with Crippen molar-refractivity contribution in [1.82, 2.24) is 20.0 Å². The number of morpholine rings is 1. The molecular weight excluding hydrogens is 408 g/mol. The Morgan fingerprint density at radius 2 is 1.81 bits per heavy atom. The van der Waals surface area contributed by atoms with Crippen molar-refractivity contribution in [2.75, 3.05) is 44.3 Å². The Kier molecular flexibility index (Phi) is 5.85. The Morgan fingerprint density at radius 3 is 2.56 bits per heavy atom. The van der Waals surface area contributed by atoms with Crippen LogP contribution in [0.1, 0.15) is 19.7 Å². The number of amidine groups is 1. The number of benzene rings is 1. The lowest BCUT2D eigenvalue weighted by Crippen LogP contribution is -2.50. The Balaban J connectivity index is 1.25. The number of aliphatic imine (C=N–C) groups is 3. The Labute approximate surface area is 187 Å². The fourth-order valence-electron chi connectivity index (χ4n) is 4.28. The predicted octanol–water partition coefficient (Wildman–Crippen LogP) is 1.89. The lowest BCUT2D eigenvalue weighted by atomic mass is 10.1. The first-order chi connectivity index (χ1) is 15.8. The average Bonchev–Trinajstić information content (AvgIpc) is 3.49. The van der Waals surface area contributed by atoms with Crippen molar-refractivity contribution in [2.24, 2.45) is 15.0 Å². The summed E-state index contributed by atoms with van der Waals surface area (Å²) in [6.07, 6.45) is 3.30. The van der Waals surface area contributed by atoms with Crippen LogP contribution in [0.4, 0.5) is 5.69 Å². The first-order valence-electron chi connectivity index (χ1n) is 11.2. The number of rotatable bonds is 6. The number of fused-ring (bicyclic) bond motifs is 1. The minimum absolute atomic E-state index is 0.117. The van der Waals surface area contributed by atoms with Crippen molar-refractivity contribution in [2.45, 2.75) is 32.6 Å². The van der Waals surface area contributed by atoms with Crippen LogP contribution >= 0.6 is 0 Å². The molecule has 10 nitrogen and oxygen atoms in total. The Hall–Kier alpha value is -3.27. The second kappa shape index (κ2) is 9.07. The fraction of sp³-hybridized carbons (Fsp3) is 0.500. The standard InChI is InChI=1S/C22H28N8O2/c1-3-28(4-2)17-7-5-16(6-8-17)22-27-26-18(32-22)13-30-15-25-19-20(23-14-24-21(19)30)29-9-11-31-12-10-29/h5-8,14-15,19,21H,3-4,9-13H2,1-2H3. The van der Waals surface area contributed by atoms with Gasteiger partial charge in [-0.15, -0.1) is 10.2 Å². The summed E-state index contributed by atoms with van der Waals surface area (Å²) in [4.78, 5) is 20.3.